The van der Waals surface area contributed by atoms with Gasteiger partial charge in [-0.2, -0.15) is 5.26 Å². The fourth-order valence-corrected chi connectivity index (χ4v) is 1.85. The molecule has 0 fully saturated rings. The van der Waals surface area contributed by atoms with Crippen molar-refractivity contribution in [2.24, 2.45) is 0 Å². The third-order valence-electron chi connectivity index (χ3n) is 2.83. The Morgan fingerprint density at radius 3 is 2.81 bits per heavy atom. The summed E-state index contributed by atoms with van der Waals surface area (Å²) in [6.07, 6.45) is 0. The largest absolute Gasteiger partial charge is 0.452 e. The summed E-state index contributed by atoms with van der Waals surface area (Å²) in [5, 5.41) is 8.69. The number of H-pyrrole nitrogens is 1. The van der Waals surface area contributed by atoms with Crippen molar-refractivity contribution in [2.75, 3.05) is 5.73 Å². The Morgan fingerprint density at radius 1 is 1.29 bits per heavy atom. The molecule has 0 aliphatic carbocycles. The van der Waals surface area contributed by atoms with E-state index < -0.39 is 11.6 Å². The Bertz CT molecular complexity index is 937. The van der Waals surface area contributed by atoms with Gasteiger partial charge in [-0.1, -0.05) is 0 Å². The Morgan fingerprint density at radius 2 is 2.10 bits per heavy atom. The molecule has 0 amide bonds. The van der Waals surface area contributed by atoms with Crippen LogP contribution in [0.25, 0.3) is 11.1 Å². The molecule has 2 aromatic carbocycles. The van der Waals surface area contributed by atoms with Gasteiger partial charge in [0.2, 0.25) is 0 Å². The number of aromatic nitrogens is 1. The van der Waals surface area contributed by atoms with Crippen molar-refractivity contribution in [2.45, 2.75) is 0 Å². The minimum atomic E-state index is -0.686. The van der Waals surface area contributed by atoms with Gasteiger partial charge in [-0.05, 0) is 18.2 Å². The Hall–Kier alpha value is -3.27. The fourth-order valence-electron chi connectivity index (χ4n) is 1.85. The molecule has 3 rings (SSSR count). The minimum Gasteiger partial charge on any atom is -0.452 e. The lowest BCUT2D eigenvalue weighted by Gasteiger charge is -2.09. The van der Waals surface area contributed by atoms with E-state index in [4.69, 9.17) is 20.1 Å². The van der Waals surface area contributed by atoms with Crippen molar-refractivity contribution in [1.29, 1.82) is 5.26 Å². The molecule has 0 aliphatic rings. The number of hydrogen-bond donors (Lipinski definition) is 2. The average Bonchev–Trinajstić information content (AvgIpc) is 2.80. The van der Waals surface area contributed by atoms with Gasteiger partial charge in [0.15, 0.2) is 22.9 Å². The molecule has 0 atom stereocenters. The van der Waals surface area contributed by atoms with E-state index in [0.717, 1.165) is 6.07 Å². The van der Waals surface area contributed by atoms with Gasteiger partial charge in [0.25, 0.3) is 0 Å². The summed E-state index contributed by atoms with van der Waals surface area (Å²) < 4.78 is 24.0. The van der Waals surface area contributed by atoms with Crippen LogP contribution in [0.1, 0.15) is 5.56 Å². The van der Waals surface area contributed by atoms with Crippen molar-refractivity contribution in [3.63, 3.8) is 0 Å². The number of nitrogens with two attached hydrogens (primary N) is 1. The highest BCUT2D eigenvalue weighted by Gasteiger charge is 2.11. The number of nitrogens with one attached hydrogen (secondary N) is 1. The summed E-state index contributed by atoms with van der Waals surface area (Å²) >= 11 is 0. The summed E-state index contributed by atoms with van der Waals surface area (Å²) in [4.78, 5) is 13.6. The lowest BCUT2D eigenvalue weighted by molar-refractivity contribution is 0.444. The molecule has 3 aromatic rings. The average molecular weight is 285 g/mol. The van der Waals surface area contributed by atoms with Crippen LogP contribution in [-0.4, -0.2) is 4.98 Å². The van der Waals surface area contributed by atoms with E-state index in [1.807, 2.05) is 6.07 Å². The van der Waals surface area contributed by atoms with Crippen molar-refractivity contribution in [1.82, 2.24) is 4.98 Å². The molecule has 0 spiro atoms. The van der Waals surface area contributed by atoms with E-state index in [1.165, 1.54) is 24.3 Å². The van der Waals surface area contributed by atoms with Gasteiger partial charge in [0, 0.05) is 12.1 Å². The summed E-state index contributed by atoms with van der Waals surface area (Å²) in [7, 11) is 0. The zero-order chi connectivity index (χ0) is 15.0. The zero-order valence-electron chi connectivity index (χ0n) is 10.5. The van der Waals surface area contributed by atoms with E-state index in [0.29, 0.717) is 5.52 Å². The molecule has 7 heteroatoms. The summed E-state index contributed by atoms with van der Waals surface area (Å²) in [6, 6.07) is 8.48. The second-order valence-electron chi connectivity index (χ2n) is 4.26. The molecule has 0 aliphatic heterocycles. The predicted octanol–water partition coefficient (Wildman–Crippen LogP) is 2.51. The molecule has 1 aromatic heterocycles. The summed E-state index contributed by atoms with van der Waals surface area (Å²) in [5.74, 6) is -1.21. The summed E-state index contributed by atoms with van der Waals surface area (Å²) in [5.41, 5.74) is 6.82. The van der Waals surface area contributed by atoms with E-state index in [1.54, 1.807) is 0 Å². The molecule has 3 N–H and O–H groups in total. The van der Waals surface area contributed by atoms with Crippen LogP contribution in [-0.2, 0) is 0 Å². The highest BCUT2D eigenvalue weighted by molar-refractivity contribution is 5.80. The van der Waals surface area contributed by atoms with Crippen LogP contribution in [0, 0.1) is 17.1 Å². The second kappa shape index (κ2) is 4.68. The number of hydrogen-bond acceptors (Lipinski definition) is 5. The number of halogens is 1. The van der Waals surface area contributed by atoms with Crippen molar-refractivity contribution in [3.05, 3.63) is 52.3 Å². The standard InChI is InChI=1S/C14H8FN3O3/c15-8-3-7(6-16)1-2-11(8)20-12-5-10-13(4-9(12)17)21-14(19)18-10/h1-5H,17H2,(H,18,19). The van der Waals surface area contributed by atoms with Crippen LogP contribution < -0.4 is 16.2 Å². The first-order valence-electron chi connectivity index (χ1n) is 5.86. The lowest BCUT2D eigenvalue weighted by atomic mass is 10.2. The van der Waals surface area contributed by atoms with Crippen molar-refractivity contribution < 1.29 is 13.5 Å². The molecule has 0 bridgehead atoms. The van der Waals surface area contributed by atoms with E-state index in [9.17, 15) is 9.18 Å². The maximum atomic E-state index is 13.8. The SMILES string of the molecule is N#Cc1ccc(Oc2cc3[nH]c(=O)oc3cc2N)c(F)c1. The van der Waals surface area contributed by atoms with Crippen molar-refractivity contribution >= 4 is 16.8 Å². The topological polar surface area (TPSA) is 105 Å². The molecule has 0 saturated carbocycles. The third kappa shape index (κ3) is 2.30. The predicted molar refractivity (Wildman–Crippen MR) is 72.4 cm³/mol. The molecule has 104 valence electrons. The van der Waals surface area contributed by atoms with Gasteiger partial charge >= 0.3 is 5.76 Å². The van der Waals surface area contributed by atoms with E-state index in [-0.39, 0.29) is 28.3 Å². The number of nitrogen functional groups attached to an aromatic ring is 1. The minimum absolute atomic E-state index is 0.0779. The van der Waals surface area contributed by atoms with Crippen LogP contribution >= 0.6 is 0 Å². The number of aromatic amines is 1. The number of oxazole rings is 1. The first-order valence-corrected chi connectivity index (χ1v) is 5.86. The smallest absolute Gasteiger partial charge is 0.417 e. The molecule has 0 saturated heterocycles. The highest BCUT2D eigenvalue weighted by atomic mass is 19.1. The van der Waals surface area contributed by atoms with Gasteiger partial charge in [-0.15, -0.1) is 0 Å². The van der Waals surface area contributed by atoms with E-state index >= 15 is 0 Å². The van der Waals surface area contributed by atoms with Gasteiger partial charge in [0.05, 0.1) is 22.8 Å². The first-order chi connectivity index (χ1) is 10.1. The van der Waals surface area contributed by atoms with Gasteiger partial charge in [0.1, 0.15) is 0 Å². The van der Waals surface area contributed by atoms with Crippen LogP contribution in [0.4, 0.5) is 10.1 Å². The Kier molecular flexibility index (Phi) is 2.84. The number of benzene rings is 2. The maximum absolute atomic E-state index is 13.8. The van der Waals surface area contributed by atoms with E-state index in [2.05, 4.69) is 4.98 Å². The lowest BCUT2D eigenvalue weighted by Crippen LogP contribution is -1.95. The number of nitriles is 1. The maximum Gasteiger partial charge on any atom is 0.417 e. The molecule has 0 radical (unpaired) electrons. The van der Waals surface area contributed by atoms with Crippen molar-refractivity contribution in [3.8, 4) is 17.6 Å². The molecule has 6 nitrogen and oxygen atoms in total. The van der Waals surface area contributed by atoms with Gasteiger partial charge in [-0.3, -0.25) is 4.98 Å². The van der Waals surface area contributed by atoms with Gasteiger partial charge < -0.3 is 14.9 Å². The van der Waals surface area contributed by atoms with Crippen LogP contribution in [0.5, 0.6) is 11.5 Å². The molecular formula is C14H8FN3O3. The second-order valence-corrected chi connectivity index (χ2v) is 4.26. The quantitative estimate of drug-likeness (QED) is 0.704. The van der Waals surface area contributed by atoms with Crippen LogP contribution in [0.3, 0.4) is 0 Å². The van der Waals surface area contributed by atoms with Crippen LogP contribution in [0.2, 0.25) is 0 Å². The molecular weight excluding hydrogens is 277 g/mol. The number of rotatable bonds is 2. The third-order valence-corrected chi connectivity index (χ3v) is 2.83. The molecule has 21 heavy (non-hydrogen) atoms. The number of fused-ring (bicyclic) bond motifs is 1. The number of ether oxygens (including phenoxy) is 1. The Balaban J connectivity index is 2.03. The molecule has 0 unspecified atom stereocenters. The zero-order valence-corrected chi connectivity index (χ0v) is 10.5. The normalized spacial score (nSPS) is 10.5. The monoisotopic (exact) mass is 285 g/mol. The summed E-state index contributed by atoms with van der Waals surface area (Å²) in [6.45, 7) is 0. The first kappa shape index (κ1) is 12.7. The van der Waals surface area contributed by atoms with Crippen LogP contribution in [0.15, 0.2) is 39.5 Å². The number of anilines is 1. The van der Waals surface area contributed by atoms with Gasteiger partial charge in [-0.25, -0.2) is 9.18 Å². The number of nitrogens with zero attached hydrogens (tertiary/aromatic N) is 1. The Labute approximate surface area is 117 Å². The fraction of sp³-hybridized carbons (Fsp3) is 0. The molecule has 1 heterocycles. The highest BCUT2D eigenvalue weighted by Crippen LogP contribution is 2.32.